The third-order valence-electron chi connectivity index (χ3n) is 2.31. The minimum absolute atomic E-state index is 0.222. The summed E-state index contributed by atoms with van der Waals surface area (Å²) in [6.45, 7) is 0. The van der Waals surface area contributed by atoms with E-state index in [1.54, 1.807) is 6.07 Å². The number of hydrogen-bond acceptors (Lipinski definition) is 3. The lowest BCUT2D eigenvalue weighted by molar-refractivity contribution is -0.117. The van der Waals surface area contributed by atoms with Gasteiger partial charge in [-0.2, -0.15) is 5.10 Å². The zero-order valence-electron chi connectivity index (χ0n) is 9.01. The molecule has 0 aliphatic carbocycles. The van der Waals surface area contributed by atoms with E-state index in [-0.39, 0.29) is 17.9 Å². The highest BCUT2D eigenvalue weighted by Crippen LogP contribution is 2.15. The van der Waals surface area contributed by atoms with Crippen LogP contribution < -0.4 is 11.3 Å². The summed E-state index contributed by atoms with van der Waals surface area (Å²) in [5.41, 5.74) is 7.26. The van der Waals surface area contributed by atoms with Gasteiger partial charge in [-0.05, 0) is 11.6 Å². The third-order valence-corrected chi connectivity index (χ3v) is 2.31. The molecule has 1 heterocycles. The fourth-order valence-electron chi connectivity index (χ4n) is 1.50. The number of amides is 1. The quantitative estimate of drug-likeness (QED) is 0.801. The Morgan fingerprint density at radius 1 is 1.18 bits per heavy atom. The van der Waals surface area contributed by atoms with Crippen LogP contribution in [0.15, 0.2) is 41.2 Å². The molecule has 1 aromatic carbocycles. The van der Waals surface area contributed by atoms with Crippen molar-refractivity contribution in [1.82, 2.24) is 10.2 Å². The lowest BCUT2D eigenvalue weighted by Crippen LogP contribution is -2.13. The summed E-state index contributed by atoms with van der Waals surface area (Å²) < 4.78 is 0. The molecule has 5 nitrogen and oxygen atoms in total. The van der Waals surface area contributed by atoms with Crippen molar-refractivity contribution < 1.29 is 4.79 Å². The number of nitrogens with two attached hydrogens (primary N) is 1. The van der Waals surface area contributed by atoms with Gasteiger partial charge in [-0.1, -0.05) is 24.3 Å². The van der Waals surface area contributed by atoms with E-state index in [1.807, 2.05) is 24.3 Å². The van der Waals surface area contributed by atoms with Gasteiger partial charge in [0.1, 0.15) is 0 Å². The van der Waals surface area contributed by atoms with Gasteiger partial charge in [-0.3, -0.25) is 9.59 Å². The van der Waals surface area contributed by atoms with Gasteiger partial charge >= 0.3 is 0 Å². The number of aromatic amines is 1. The zero-order valence-corrected chi connectivity index (χ0v) is 9.01. The van der Waals surface area contributed by atoms with E-state index in [2.05, 4.69) is 10.2 Å². The van der Waals surface area contributed by atoms with E-state index in [0.29, 0.717) is 5.69 Å². The average Bonchev–Trinajstić information content (AvgIpc) is 2.30. The molecular formula is C12H11N3O2. The number of rotatable bonds is 3. The van der Waals surface area contributed by atoms with E-state index in [0.717, 1.165) is 11.1 Å². The van der Waals surface area contributed by atoms with Crippen molar-refractivity contribution in [3.8, 4) is 11.3 Å². The number of primary amides is 1. The first-order valence-corrected chi connectivity index (χ1v) is 5.08. The van der Waals surface area contributed by atoms with Crippen LogP contribution in [0.1, 0.15) is 5.56 Å². The lowest BCUT2D eigenvalue weighted by Gasteiger charge is -2.01. The molecular weight excluding hydrogens is 218 g/mol. The van der Waals surface area contributed by atoms with Gasteiger partial charge in [-0.15, -0.1) is 0 Å². The highest BCUT2D eigenvalue weighted by molar-refractivity contribution is 5.76. The second kappa shape index (κ2) is 4.61. The van der Waals surface area contributed by atoms with E-state index in [9.17, 15) is 9.59 Å². The number of H-pyrrole nitrogens is 1. The Hall–Kier alpha value is -2.43. The van der Waals surface area contributed by atoms with Gasteiger partial charge in [0, 0.05) is 11.6 Å². The fourth-order valence-corrected chi connectivity index (χ4v) is 1.50. The van der Waals surface area contributed by atoms with Crippen LogP contribution in [-0.2, 0) is 11.2 Å². The Kier molecular flexibility index (Phi) is 3.00. The molecule has 0 saturated carbocycles. The Morgan fingerprint density at radius 2 is 1.88 bits per heavy atom. The van der Waals surface area contributed by atoms with E-state index < -0.39 is 0 Å². The van der Waals surface area contributed by atoms with Crippen molar-refractivity contribution in [2.75, 3.05) is 0 Å². The molecule has 0 aliphatic heterocycles. The summed E-state index contributed by atoms with van der Waals surface area (Å²) in [5, 5.41) is 6.28. The molecule has 1 aromatic heterocycles. The molecule has 0 spiro atoms. The predicted molar refractivity (Wildman–Crippen MR) is 63.2 cm³/mol. The van der Waals surface area contributed by atoms with Crippen LogP contribution in [0.3, 0.4) is 0 Å². The molecule has 3 N–H and O–H groups in total. The van der Waals surface area contributed by atoms with Crippen LogP contribution in [0.5, 0.6) is 0 Å². The first-order chi connectivity index (χ1) is 8.15. The second-order valence-electron chi connectivity index (χ2n) is 3.65. The summed E-state index contributed by atoms with van der Waals surface area (Å²) in [6.07, 6.45) is 0.222. The molecule has 0 unspecified atom stereocenters. The van der Waals surface area contributed by atoms with Crippen molar-refractivity contribution >= 4 is 5.91 Å². The van der Waals surface area contributed by atoms with Crippen molar-refractivity contribution in [1.29, 1.82) is 0 Å². The molecule has 0 saturated heterocycles. The Labute approximate surface area is 97.3 Å². The van der Waals surface area contributed by atoms with Gasteiger partial charge in [0.05, 0.1) is 12.1 Å². The topological polar surface area (TPSA) is 88.8 Å². The first kappa shape index (κ1) is 11.1. The van der Waals surface area contributed by atoms with E-state index >= 15 is 0 Å². The zero-order chi connectivity index (χ0) is 12.3. The monoisotopic (exact) mass is 229 g/mol. The molecule has 2 rings (SSSR count). The maximum Gasteiger partial charge on any atom is 0.264 e. The number of aromatic nitrogens is 2. The maximum atomic E-state index is 10.9. The Balaban J connectivity index is 2.26. The van der Waals surface area contributed by atoms with Crippen LogP contribution >= 0.6 is 0 Å². The van der Waals surface area contributed by atoms with Crippen molar-refractivity contribution in [3.63, 3.8) is 0 Å². The fraction of sp³-hybridized carbons (Fsp3) is 0.0833. The molecule has 5 heteroatoms. The summed E-state index contributed by atoms with van der Waals surface area (Å²) in [5.74, 6) is -0.361. The van der Waals surface area contributed by atoms with Crippen molar-refractivity contribution in [2.24, 2.45) is 5.73 Å². The molecule has 0 atom stereocenters. The largest absolute Gasteiger partial charge is 0.369 e. The van der Waals surface area contributed by atoms with Crippen LogP contribution in [-0.4, -0.2) is 16.1 Å². The van der Waals surface area contributed by atoms with Gasteiger partial charge in [0.2, 0.25) is 5.91 Å². The number of carbonyl (C=O) groups is 1. The second-order valence-corrected chi connectivity index (χ2v) is 3.65. The average molecular weight is 229 g/mol. The molecule has 0 radical (unpaired) electrons. The summed E-state index contributed by atoms with van der Waals surface area (Å²) >= 11 is 0. The molecule has 0 bridgehead atoms. The minimum atomic E-state index is -0.361. The van der Waals surface area contributed by atoms with Crippen molar-refractivity contribution in [2.45, 2.75) is 6.42 Å². The minimum Gasteiger partial charge on any atom is -0.369 e. The van der Waals surface area contributed by atoms with E-state index in [4.69, 9.17) is 5.73 Å². The number of carbonyl (C=O) groups excluding carboxylic acids is 1. The van der Waals surface area contributed by atoms with Crippen LogP contribution in [0.25, 0.3) is 11.3 Å². The molecule has 2 aromatic rings. The number of benzene rings is 1. The van der Waals surface area contributed by atoms with Gasteiger partial charge in [-0.25, -0.2) is 5.10 Å². The maximum absolute atomic E-state index is 10.9. The predicted octanol–water partition coefficient (Wildman–Crippen LogP) is 0.465. The van der Waals surface area contributed by atoms with Crippen molar-refractivity contribution in [3.05, 3.63) is 52.3 Å². The molecule has 1 amide bonds. The molecule has 17 heavy (non-hydrogen) atoms. The van der Waals surface area contributed by atoms with Crippen LogP contribution in [0.2, 0.25) is 0 Å². The third kappa shape index (κ3) is 2.78. The Bertz CT molecular complexity index is 567. The smallest absolute Gasteiger partial charge is 0.264 e. The normalized spacial score (nSPS) is 10.1. The Morgan fingerprint density at radius 3 is 2.41 bits per heavy atom. The highest BCUT2D eigenvalue weighted by Gasteiger charge is 2.01. The summed E-state index contributed by atoms with van der Waals surface area (Å²) in [6, 6.07) is 10.3. The SMILES string of the molecule is NC(=O)Cc1ccc(-c2ccc(=O)[nH]n2)cc1. The molecule has 0 fully saturated rings. The van der Waals surface area contributed by atoms with E-state index in [1.165, 1.54) is 6.07 Å². The summed E-state index contributed by atoms with van der Waals surface area (Å²) in [7, 11) is 0. The van der Waals surface area contributed by atoms with Crippen LogP contribution in [0, 0.1) is 0 Å². The number of nitrogens with zero attached hydrogens (tertiary/aromatic N) is 1. The number of hydrogen-bond donors (Lipinski definition) is 2. The van der Waals surface area contributed by atoms with Crippen LogP contribution in [0.4, 0.5) is 0 Å². The molecule has 86 valence electrons. The number of nitrogens with one attached hydrogen (secondary N) is 1. The summed E-state index contributed by atoms with van der Waals surface area (Å²) in [4.78, 5) is 21.6. The highest BCUT2D eigenvalue weighted by atomic mass is 16.1. The first-order valence-electron chi connectivity index (χ1n) is 5.08. The molecule has 0 aliphatic rings. The van der Waals surface area contributed by atoms with Gasteiger partial charge in [0.25, 0.3) is 5.56 Å². The lowest BCUT2D eigenvalue weighted by atomic mass is 10.1. The van der Waals surface area contributed by atoms with Gasteiger partial charge in [0.15, 0.2) is 0 Å². The van der Waals surface area contributed by atoms with Gasteiger partial charge < -0.3 is 5.73 Å². The standard InChI is InChI=1S/C12H11N3O2/c13-11(16)7-8-1-3-9(4-2-8)10-5-6-12(17)15-14-10/h1-6H,7H2,(H2,13,16)(H,15,17).